The number of hydrogen-bond acceptors (Lipinski definition) is 5. The summed E-state index contributed by atoms with van der Waals surface area (Å²) >= 11 is 0. The van der Waals surface area contributed by atoms with Crippen LogP contribution in [0, 0.1) is 11.7 Å². The van der Waals surface area contributed by atoms with Crippen LogP contribution >= 0.6 is 0 Å². The molecule has 0 aliphatic carbocycles. The minimum atomic E-state index is -0.368. The van der Waals surface area contributed by atoms with E-state index in [1.165, 1.54) is 17.0 Å². The number of hydrogen-bond donors (Lipinski definition) is 1. The molecule has 0 radical (unpaired) electrons. The van der Waals surface area contributed by atoms with Crippen molar-refractivity contribution in [1.82, 2.24) is 19.8 Å². The molecule has 4 heterocycles. The van der Waals surface area contributed by atoms with Crippen LogP contribution in [0.2, 0.25) is 0 Å². The number of fused-ring (bicyclic) bond motifs is 1. The number of rotatable bonds is 6. The zero-order valence-electron chi connectivity index (χ0n) is 19.5. The highest BCUT2D eigenvalue weighted by Gasteiger charge is 2.33. The second kappa shape index (κ2) is 10.5. The van der Waals surface area contributed by atoms with Gasteiger partial charge in [-0.25, -0.2) is 4.39 Å². The van der Waals surface area contributed by atoms with Crippen molar-refractivity contribution in [2.75, 3.05) is 39.4 Å². The average molecular weight is 481 g/mol. The average Bonchev–Trinajstić information content (AvgIpc) is 3.23. The van der Waals surface area contributed by atoms with Crippen molar-refractivity contribution in [2.24, 2.45) is 5.92 Å². The van der Waals surface area contributed by atoms with Crippen LogP contribution < -0.4 is 0 Å². The zero-order valence-corrected chi connectivity index (χ0v) is 19.5. The summed E-state index contributed by atoms with van der Waals surface area (Å²) in [6.07, 6.45) is 4.93. The fourth-order valence-electron chi connectivity index (χ4n) is 4.74. The van der Waals surface area contributed by atoms with Crippen LogP contribution in [0.25, 0.3) is 10.9 Å². The Morgan fingerprint density at radius 1 is 1.20 bits per heavy atom. The number of carbonyl (C=O) groups excluding carboxylic acids is 2. The van der Waals surface area contributed by atoms with E-state index in [0.717, 1.165) is 18.4 Å². The largest absolute Gasteiger partial charge is 0.381 e. The molecule has 184 valence electrons. The number of benzene rings is 1. The normalized spacial score (nSPS) is 19.8. The first-order chi connectivity index (χ1) is 17.0. The number of pyridine rings is 1. The molecule has 2 fully saturated rings. The molecule has 0 bridgehead atoms. The smallest absolute Gasteiger partial charge is 0.270 e. The first-order valence-corrected chi connectivity index (χ1v) is 12.0. The van der Waals surface area contributed by atoms with Crippen molar-refractivity contribution >= 4 is 22.7 Å². The molecule has 1 atom stereocenters. The van der Waals surface area contributed by atoms with Crippen molar-refractivity contribution in [3.63, 3.8) is 0 Å². The van der Waals surface area contributed by atoms with Gasteiger partial charge in [-0.3, -0.25) is 14.6 Å². The fraction of sp³-hybridized carbons (Fsp3) is 0.423. The minimum Gasteiger partial charge on any atom is -0.381 e. The van der Waals surface area contributed by atoms with E-state index in [4.69, 9.17) is 9.47 Å². The Morgan fingerprint density at radius 2 is 2.06 bits per heavy atom. The highest BCUT2D eigenvalue weighted by molar-refractivity contribution is 5.99. The van der Waals surface area contributed by atoms with Gasteiger partial charge in [-0.1, -0.05) is 6.07 Å². The van der Waals surface area contributed by atoms with Crippen LogP contribution in [0.5, 0.6) is 0 Å². The molecule has 2 aromatic heterocycles. The SMILES string of the molecule is O=C1CN(C(=O)c2cc3cc(F)ccc3[nH]2)C[C@H](OCc2cccnc2)CN1CC1CCOCC1. The molecule has 2 amide bonds. The van der Waals surface area contributed by atoms with Crippen molar-refractivity contribution in [1.29, 1.82) is 0 Å². The van der Waals surface area contributed by atoms with Gasteiger partial charge >= 0.3 is 0 Å². The second-order valence-electron chi connectivity index (χ2n) is 9.25. The minimum absolute atomic E-state index is 0.0292. The van der Waals surface area contributed by atoms with Gasteiger partial charge in [0.05, 0.1) is 12.7 Å². The molecular weight excluding hydrogens is 451 g/mol. The predicted octanol–water partition coefficient (Wildman–Crippen LogP) is 3.00. The Morgan fingerprint density at radius 3 is 2.86 bits per heavy atom. The van der Waals surface area contributed by atoms with Crippen LogP contribution in [0.4, 0.5) is 4.39 Å². The number of nitrogens with one attached hydrogen (secondary N) is 1. The van der Waals surface area contributed by atoms with E-state index in [9.17, 15) is 14.0 Å². The van der Waals surface area contributed by atoms with Gasteiger partial charge in [0.1, 0.15) is 18.1 Å². The lowest BCUT2D eigenvalue weighted by Crippen LogP contribution is -2.42. The molecule has 0 spiro atoms. The fourth-order valence-corrected chi connectivity index (χ4v) is 4.74. The van der Waals surface area contributed by atoms with Crippen molar-refractivity contribution in [3.05, 3.63) is 65.9 Å². The van der Waals surface area contributed by atoms with E-state index in [1.807, 2.05) is 17.0 Å². The quantitative estimate of drug-likeness (QED) is 0.586. The monoisotopic (exact) mass is 480 g/mol. The highest BCUT2D eigenvalue weighted by atomic mass is 19.1. The summed E-state index contributed by atoms with van der Waals surface area (Å²) in [6, 6.07) is 9.74. The van der Waals surface area contributed by atoms with Crippen LogP contribution in [-0.2, 0) is 20.9 Å². The zero-order chi connectivity index (χ0) is 24.2. The van der Waals surface area contributed by atoms with Gasteiger partial charge in [0.25, 0.3) is 5.91 Å². The van der Waals surface area contributed by atoms with Crippen molar-refractivity contribution in [3.8, 4) is 0 Å². The number of carbonyl (C=O) groups is 2. The summed E-state index contributed by atoms with van der Waals surface area (Å²) in [4.78, 5) is 37.2. The van der Waals surface area contributed by atoms with Crippen LogP contribution in [0.15, 0.2) is 48.8 Å². The number of H-pyrrole nitrogens is 1. The van der Waals surface area contributed by atoms with Gasteiger partial charge in [-0.05, 0) is 54.7 Å². The molecular formula is C26H29FN4O4. The third-order valence-corrected chi connectivity index (χ3v) is 6.66. The highest BCUT2D eigenvalue weighted by Crippen LogP contribution is 2.21. The van der Waals surface area contributed by atoms with Crippen molar-refractivity contribution < 1.29 is 23.5 Å². The van der Waals surface area contributed by atoms with Gasteiger partial charge < -0.3 is 24.3 Å². The van der Waals surface area contributed by atoms with Gasteiger partial charge in [-0.15, -0.1) is 0 Å². The summed E-state index contributed by atoms with van der Waals surface area (Å²) < 4.78 is 25.3. The first-order valence-electron chi connectivity index (χ1n) is 12.0. The lowest BCUT2D eigenvalue weighted by atomic mass is 9.99. The first kappa shape index (κ1) is 23.4. The van der Waals surface area contributed by atoms with Gasteiger partial charge in [0.15, 0.2) is 0 Å². The number of halogens is 1. The number of nitrogens with zero attached hydrogens (tertiary/aromatic N) is 3. The molecule has 8 nitrogen and oxygen atoms in total. The van der Waals surface area contributed by atoms with E-state index in [1.54, 1.807) is 24.5 Å². The van der Waals surface area contributed by atoms with Gasteiger partial charge in [0.2, 0.25) is 5.91 Å². The van der Waals surface area contributed by atoms with Crippen LogP contribution in [0.3, 0.4) is 0 Å². The Balaban J connectivity index is 1.35. The number of aromatic nitrogens is 2. The summed E-state index contributed by atoms with van der Waals surface area (Å²) in [6.45, 7) is 3.04. The Bertz CT molecular complexity index is 1180. The van der Waals surface area contributed by atoms with Crippen LogP contribution in [0.1, 0.15) is 28.9 Å². The Hall–Kier alpha value is -3.30. The van der Waals surface area contributed by atoms with Crippen molar-refractivity contribution in [2.45, 2.75) is 25.6 Å². The van der Waals surface area contributed by atoms with E-state index >= 15 is 0 Å². The molecule has 0 unspecified atom stereocenters. The number of ether oxygens (including phenoxy) is 2. The molecule has 2 saturated heterocycles. The molecule has 2 aliphatic rings. The Kier molecular flexibility index (Phi) is 7.06. The standard InChI is InChI=1S/C26H29FN4O4/c27-21-3-4-23-20(10-21)11-24(29-23)26(33)31-15-22(35-17-19-2-1-7-28-12-19)14-30(25(32)16-31)13-18-5-8-34-9-6-18/h1-4,7,10-12,18,22,29H,5-6,8-9,13-17H2/t22-/m1/s1. The maximum absolute atomic E-state index is 13.6. The molecule has 3 aromatic rings. The topological polar surface area (TPSA) is 87.8 Å². The lowest BCUT2D eigenvalue weighted by molar-refractivity contribution is -0.132. The second-order valence-corrected chi connectivity index (χ2v) is 9.25. The molecule has 9 heteroatoms. The maximum Gasteiger partial charge on any atom is 0.270 e. The molecule has 2 aliphatic heterocycles. The number of amides is 2. The number of aromatic amines is 1. The molecule has 35 heavy (non-hydrogen) atoms. The maximum atomic E-state index is 13.6. The predicted molar refractivity (Wildman–Crippen MR) is 127 cm³/mol. The van der Waals surface area contributed by atoms with E-state index < -0.39 is 0 Å². The van der Waals surface area contributed by atoms with E-state index in [0.29, 0.717) is 55.4 Å². The summed E-state index contributed by atoms with van der Waals surface area (Å²) in [5, 5.41) is 0.611. The van der Waals surface area contributed by atoms with E-state index in [-0.39, 0.29) is 36.8 Å². The molecule has 1 N–H and O–H groups in total. The Labute approximate surface area is 203 Å². The molecule has 5 rings (SSSR count). The third kappa shape index (κ3) is 5.68. The van der Waals surface area contributed by atoms with Gasteiger partial charge in [0, 0.05) is 56.1 Å². The van der Waals surface area contributed by atoms with Crippen LogP contribution in [-0.4, -0.2) is 77.1 Å². The summed E-state index contributed by atoms with van der Waals surface area (Å²) in [5.74, 6) is -0.400. The third-order valence-electron chi connectivity index (χ3n) is 6.66. The molecule has 0 saturated carbocycles. The lowest BCUT2D eigenvalue weighted by Gasteiger charge is -2.30. The summed E-state index contributed by atoms with van der Waals surface area (Å²) in [5.41, 5.74) is 1.92. The molecule has 1 aromatic carbocycles. The van der Waals surface area contributed by atoms with Gasteiger partial charge in [-0.2, -0.15) is 0 Å². The van der Waals surface area contributed by atoms with E-state index in [2.05, 4.69) is 9.97 Å². The summed E-state index contributed by atoms with van der Waals surface area (Å²) in [7, 11) is 0.